The Balaban J connectivity index is 2.64. The zero-order valence-corrected chi connectivity index (χ0v) is 6.95. The number of imidazole rings is 1. The van der Waals surface area contributed by atoms with Gasteiger partial charge < -0.3 is 4.98 Å². The Hall–Kier alpha value is -1.77. The first-order valence-electron chi connectivity index (χ1n) is 4.24. The van der Waals surface area contributed by atoms with Crippen molar-refractivity contribution in [3.8, 4) is 0 Å². The molecule has 0 radical (unpaired) electrons. The van der Waals surface area contributed by atoms with Crippen molar-refractivity contribution in [3.63, 3.8) is 0 Å². The molecule has 0 bridgehead atoms. The average Bonchev–Trinajstić information content (AvgIpc) is 2.47. The van der Waals surface area contributed by atoms with Crippen LogP contribution in [0.4, 0.5) is 0 Å². The number of nitrogens with zero attached hydrogens (tertiary/aromatic N) is 1. The van der Waals surface area contributed by atoms with E-state index in [0.717, 1.165) is 16.6 Å². The molecule has 3 rings (SSSR count). The maximum Gasteiger partial charge on any atom is 0.326 e. The number of hydrogen-bond acceptors (Lipinski definition) is 1. The number of aromatic nitrogens is 2. The number of nitrogens with one attached hydrogen (secondary N) is 1. The molecule has 1 aliphatic heterocycles. The Morgan fingerprint density at radius 3 is 3.23 bits per heavy atom. The van der Waals surface area contributed by atoms with Gasteiger partial charge in [0.15, 0.2) is 0 Å². The van der Waals surface area contributed by atoms with Crippen molar-refractivity contribution in [2.45, 2.75) is 6.54 Å². The molecule has 1 aromatic heterocycles. The fourth-order valence-electron chi connectivity index (χ4n) is 1.84. The second-order valence-corrected chi connectivity index (χ2v) is 3.19. The van der Waals surface area contributed by atoms with E-state index in [9.17, 15) is 4.79 Å². The lowest BCUT2D eigenvalue weighted by atomic mass is 10.1. The van der Waals surface area contributed by atoms with E-state index < -0.39 is 0 Å². The number of hydrogen-bond donors (Lipinski definition) is 1. The summed E-state index contributed by atoms with van der Waals surface area (Å²) in [5, 5.41) is 0. The zero-order valence-electron chi connectivity index (χ0n) is 6.95. The lowest BCUT2D eigenvalue weighted by Gasteiger charge is -2.07. The molecule has 64 valence electrons. The summed E-state index contributed by atoms with van der Waals surface area (Å²) in [7, 11) is 0. The summed E-state index contributed by atoms with van der Waals surface area (Å²) in [5.74, 6) is 0. The second kappa shape index (κ2) is 2.13. The van der Waals surface area contributed by atoms with Gasteiger partial charge in [-0.3, -0.25) is 4.57 Å². The minimum Gasteiger partial charge on any atom is -0.306 e. The highest BCUT2D eigenvalue weighted by molar-refractivity contribution is 5.86. The first-order valence-corrected chi connectivity index (χ1v) is 4.24. The van der Waals surface area contributed by atoms with Crippen molar-refractivity contribution in [2.75, 3.05) is 0 Å². The predicted molar refractivity (Wildman–Crippen MR) is 51.6 cm³/mol. The van der Waals surface area contributed by atoms with Crippen molar-refractivity contribution < 1.29 is 0 Å². The molecule has 0 spiro atoms. The Bertz CT molecular complexity index is 560. The van der Waals surface area contributed by atoms with Crippen LogP contribution < -0.4 is 5.69 Å². The monoisotopic (exact) mass is 172 g/mol. The molecule has 3 heteroatoms. The first-order chi connectivity index (χ1) is 6.36. The molecular weight excluding hydrogens is 164 g/mol. The Labute approximate surface area is 74.3 Å². The normalized spacial score (nSPS) is 13.8. The highest BCUT2D eigenvalue weighted by atomic mass is 16.1. The minimum atomic E-state index is -0.0215. The standard InChI is InChI=1S/C10H8N2O/c13-10-11-8-5-1-3-7-4-2-6-12(10)9(7)8/h1-5H,6H2,(H,11,13). The maximum atomic E-state index is 11.4. The molecule has 2 aromatic rings. The van der Waals surface area contributed by atoms with E-state index in [1.807, 2.05) is 24.3 Å². The first kappa shape index (κ1) is 6.71. The van der Waals surface area contributed by atoms with E-state index in [0.29, 0.717) is 6.54 Å². The maximum absolute atomic E-state index is 11.4. The van der Waals surface area contributed by atoms with Crippen molar-refractivity contribution in [3.05, 3.63) is 40.3 Å². The molecule has 13 heavy (non-hydrogen) atoms. The Kier molecular flexibility index (Phi) is 1.10. The van der Waals surface area contributed by atoms with Gasteiger partial charge in [-0.05, 0) is 6.07 Å². The number of H-pyrrole nitrogens is 1. The van der Waals surface area contributed by atoms with Crippen molar-refractivity contribution in [1.29, 1.82) is 0 Å². The topological polar surface area (TPSA) is 37.8 Å². The summed E-state index contributed by atoms with van der Waals surface area (Å²) >= 11 is 0. The van der Waals surface area contributed by atoms with E-state index >= 15 is 0 Å². The molecule has 0 atom stereocenters. The minimum absolute atomic E-state index is 0.0215. The lowest BCUT2D eigenvalue weighted by Crippen LogP contribution is -2.17. The van der Waals surface area contributed by atoms with Crippen molar-refractivity contribution in [1.82, 2.24) is 9.55 Å². The summed E-state index contributed by atoms with van der Waals surface area (Å²) in [6.45, 7) is 0.676. The van der Waals surface area contributed by atoms with Crippen LogP contribution in [0.5, 0.6) is 0 Å². The van der Waals surface area contributed by atoms with Gasteiger partial charge in [-0.2, -0.15) is 0 Å². The van der Waals surface area contributed by atoms with Gasteiger partial charge in [0.05, 0.1) is 11.0 Å². The third-order valence-electron chi connectivity index (χ3n) is 2.41. The summed E-state index contributed by atoms with van der Waals surface area (Å²) < 4.78 is 1.75. The van der Waals surface area contributed by atoms with E-state index in [1.54, 1.807) is 4.57 Å². The summed E-state index contributed by atoms with van der Waals surface area (Å²) in [5.41, 5.74) is 3.04. The van der Waals surface area contributed by atoms with E-state index in [2.05, 4.69) is 11.1 Å². The van der Waals surface area contributed by atoms with Gasteiger partial charge in [0.1, 0.15) is 0 Å². The molecule has 0 unspecified atom stereocenters. The SMILES string of the molecule is O=c1[nH]c2cccc3c2n1CC=C3. The molecule has 1 N–H and O–H groups in total. The predicted octanol–water partition coefficient (Wildman–Crippen LogP) is 1.36. The van der Waals surface area contributed by atoms with Crippen LogP contribution >= 0.6 is 0 Å². The second-order valence-electron chi connectivity index (χ2n) is 3.19. The highest BCUT2D eigenvalue weighted by Gasteiger charge is 2.10. The van der Waals surface area contributed by atoms with E-state index in [4.69, 9.17) is 0 Å². The van der Waals surface area contributed by atoms with E-state index in [1.165, 1.54) is 0 Å². The average molecular weight is 172 g/mol. The largest absolute Gasteiger partial charge is 0.326 e. The molecule has 2 heterocycles. The number of benzene rings is 1. The number of aromatic amines is 1. The zero-order chi connectivity index (χ0) is 8.84. The molecule has 0 fully saturated rings. The number of allylic oxidation sites excluding steroid dienone is 1. The summed E-state index contributed by atoms with van der Waals surface area (Å²) in [4.78, 5) is 14.3. The molecule has 0 aliphatic carbocycles. The van der Waals surface area contributed by atoms with Crippen LogP contribution in [0.1, 0.15) is 5.56 Å². The lowest BCUT2D eigenvalue weighted by molar-refractivity contribution is 0.804. The van der Waals surface area contributed by atoms with Crippen LogP contribution in [0.15, 0.2) is 29.1 Å². The number of para-hydroxylation sites is 1. The van der Waals surface area contributed by atoms with Gasteiger partial charge in [-0.1, -0.05) is 24.3 Å². The summed E-state index contributed by atoms with van der Waals surface area (Å²) in [6.07, 6.45) is 4.05. The van der Waals surface area contributed by atoms with Crippen molar-refractivity contribution in [2.24, 2.45) is 0 Å². The van der Waals surface area contributed by atoms with Crippen LogP contribution in [0.3, 0.4) is 0 Å². The van der Waals surface area contributed by atoms with Gasteiger partial charge in [-0.25, -0.2) is 4.79 Å². The van der Waals surface area contributed by atoms with Crippen LogP contribution in [0, 0.1) is 0 Å². The van der Waals surface area contributed by atoms with Gasteiger partial charge in [0.2, 0.25) is 0 Å². The van der Waals surface area contributed by atoms with Gasteiger partial charge in [0.25, 0.3) is 0 Å². The Morgan fingerprint density at radius 2 is 2.31 bits per heavy atom. The van der Waals surface area contributed by atoms with Gasteiger partial charge >= 0.3 is 5.69 Å². The van der Waals surface area contributed by atoms with Crippen molar-refractivity contribution >= 4 is 17.1 Å². The van der Waals surface area contributed by atoms with Gasteiger partial charge in [0, 0.05) is 12.1 Å². The van der Waals surface area contributed by atoms with Crippen LogP contribution in [-0.4, -0.2) is 9.55 Å². The molecule has 1 aromatic carbocycles. The highest BCUT2D eigenvalue weighted by Crippen LogP contribution is 2.20. The molecule has 0 amide bonds. The fraction of sp³-hybridized carbons (Fsp3) is 0.100. The summed E-state index contributed by atoms with van der Waals surface area (Å²) in [6, 6.07) is 5.89. The smallest absolute Gasteiger partial charge is 0.306 e. The quantitative estimate of drug-likeness (QED) is 0.640. The Morgan fingerprint density at radius 1 is 1.38 bits per heavy atom. The fourth-order valence-corrected chi connectivity index (χ4v) is 1.84. The molecule has 3 nitrogen and oxygen atoms in total. The third-order valence-corrected chi connectivity index (χ3v) is 2.41. The van der Waals surface area contributed by atoms with Crippen LogP contribution in [0.25, 0.3) is 17.1 Å². The van der Waals surface area contributed by atoms with E-state index in [-0.39, 0.29) is 5.69 Å². The molecular formula is C10H8N2O. The molecule has 0 saturated carbocycles. The van der Waals surface area contributed by atoms with Crippen LogP contribution in [-0.2, 0) is 6.54 Å². The molecule has 1 aliphatic rings. The van der Waals surface area contributed by atoms with Gasteiger partial charge in [-0.15, -0.1) is 0 Å². The third kappa shape index (κ3) is 0.758. The molecule has 0 saturated heterocycles. The number of rotatable bonds is 0. The van der Waals surface area contributed by atoms with Crippen LogP contribution in [0.2, 0.25) is 0 Å².